The molecule has 0 aliphatic heterocycles. The normalized spacial score (nSPS) is 35.3. The van der Waals surface area contributed by atoms with Crippen LogP contribution in [-0.2, 0) is 4.79 Å². The lowest BCUT2D eigenvalue weighted by Gasteiger charge is -2.43. The summed E-state index contributed by atoms with van der Waals surface area (Å²) in [7, 11) is 0. The summed E-state index contributed by atoms with van der Waals surface area (Å²) >= 11 is 0. The standard InChI is InChI=1S/C7H13NO2.ClH/c1-5-2-3-7(5,4-8)6(9)10;/h5H,2-4,8H2,1H3,(H,9,10);1H. The summed E-state index contributed by atoms with van der Waals surface area (Å²) in [5, 5.41) is 8.77. The molecule has 0 amide bonds. The van der Waals surface area contributed by atoms with Crippen molar-refractivity contribution >= 4 is 18.4 Å². The molecule has 2 unspecified atom stereocenters. The van der Waals surface area contributed by atoms with Crippen LogP contribution < -0.4 is 5.73 Å². The van der Waals surface area contributed by atoms with E-state index in [9.17, 15) is 4.79 Å². The zero-order valence-corrected chi connectivity index (χ0v) is 7.36. The highest BCUT2D eigenvalue weighted by Crippen LogP contribution is 2.45. The minimum atomic E-state index is -0.728. The lowest BCUT2D eigenvalue weighted by Crippen LogP contribution is -2.50. The minimum Gasteiger partial charge on any atom is -0.481 e. The van der Waals surface area contributed by atoms with Crippen molar-refractivity contribution in [3.8, 4) is 0 Å². The first-order valence-electron chi connectivity index (χ1n) is 3.57. The van der Waals surface area contributed by atoms with Crippen molar-refractivity contribution in [2.75, 3.05) is 6.54 Å². The largest absolute Gasteiger partial charge is 0.481 e. The van der Waals surface area contributed by atoms with Gasteiger partial charge >= 0.3 is 5.97 Å². The molecule has 2 atom stereocenters. The molecule has 3 nitrogen and oxygen atoms in total. The molecule has 1 rings (SSSR count). The average Bonchev–Trinajstić information content (AvgIpc) is 1.86. The third-order valence-corrected chi connectivity index (χ3v) is 2.76. The van der Waals surface area contributed by atoms with Gasteiger partial charge in [0.05, 0.1) is 5.41 Å². The second-order valence-corrected chi connectivity index (χ2v) is 3.11. The maximum Gasteiger partial charge on any atom is 0.311 e. The van der Waals surface area contributed by atoms with E-state index in [1.54, 1.807) is 0 Å². The van der Waals surface area contributed by atoms with Crippen molar-refractivity contribution < 1.29 is 9.90 Å². The van der Waals surface area contributed by atoms with Crippen LogP contribution in [0.5, 0.6) is 0 Å². The fourth-order valence-corrected chi connectivity index (χ4v) is 1.49. The Morgan fingerprint density at radius 2 is 2.36 bits per heavy atom. The lowest BCUT2D eigenvalue weighted by atomic mass is 9.61. The molecule has 1 aliphatic carbocycles. The van der Waals surface area contributed by atoms with E-state index in [0.29, 0.717) is 0 Å². The number of nitrogens with two attached hydrogens (primary N) is 1. The van der Waals surface area contributed by atoms with E-state index in [1.807, 2.05) is 6.92 Å². The number of hydrogen-bond donors (Lipinski definition) is 2. The van der Waals surface area contributed by atoms with Gasteiger partial charge in [-0.15, -0.1) is 12.4 Å². The van der Waals surface area contributed by atoms with E-state index in [0.717, 1.165) is 12.8 Å². The Hall–Kier alpha value is -0.280. The molecule has 0 saturated heterocycles. The minimum absolute atomic E-state index is 0. The second kappa shape index (κ2) is 3.41. The Morgan fingerprint density at radius 3 is 2.36 bits per heavy atom. The number of carboxylic acid groups (broad SMARTS) is 1. The van der Waals surface area contributed by atoms with Gasteiger partial charge in [0.2, 0.25) is 0 Å². The van der Waals surface area contributed by atoms with Crippen LogP contribution >= 0.6 is 12.4 Å². The molecule has 0 aromatic heterocycles. The van der Waals surface area contributed by atoms with Crippen LogP contribution in [0.3, 0.4) is 0 Å². The molecule has 4 heteroatoms. The van der Waals surface area contributed by atoms with E-state index in [2.05, 4.69) is 0 Å². The molecule has 1 fully saturated rings. The zero-order chi connectivity index (χ0) is 7.78. The molecule has 66 valence electrons. The first-order chi connectivity index (χ1) is 4.63. The average molecular weight is 180 g/mol. The van der Waals surface area contributed by atoms with E-state index >= 15 is 0 Å². The van der Waals surface area contributed by atoms with Gasteiger partial charge in [0.25, 0.3) is 0 Å². The molecule has 0 spiro atoms. The van der Waals surface area contributed by atoms with Gasteiger partial charge in [-0.2, -0.15) is 0 Å². The highest BCUT2D eigenvalue weighted by atomic mass is 35.5. The maximum absolute atomic E-state index is 10.7. The molecule has 0 radical (unpaired) electrons. The fourth-order valence-electron chi connectivity index (χ4n) is 1.49. The Kier molecular flexibility index (Phi) is 3.32. The highest BCUT2D eigenvalue weighted by Gasteiger charge is 2.49. The smallest absolute Gasteiger partial charge is 0.311 e. The molecular formula is C7H14ClNO2. The van der Waals surface area contributed by atoms with Gasteiger partial charge in [0, 0.05) is 6.54 Å². The predicted molar refractivity (Wildman–Crippen MR) is 44.8 cm³/mol. The molecule has 0 aromatic carbocycles. The fraction of sp³-hybridized carbons (Fsp3) is 0.857. The van der Waals surface area contributed by atoms with E-state index < -0.39 is 11.4 Å². The van der Waals surface area contributed by atoms with Crippen LogP contribution in [0.1, 0.15) is 19.8 Å². The zero-order valence-electron chi connectivity index (χ0n) is 6.54. The Labute approximate surface area is 72.4 Å². The number of halogens is 1. The summed E-state index contributed by atoms with van der Waals surface area (Å²) in [5.41, 5.74) is 4.80. The third-order valence-electron chi connectivity index (χ3n) is 2.76. The van der Waals surface area contributed by atoms with Gasteiger partial charge in [0.1, 0.15) is 0 Å². The second-order valence-electron chi connectivity index (χ2n) is 3.11. The van der Waals surface area contributed by atoms with Crippen molar-refractivity contribution in [3.05, 3.63) is 0 Å². The molecule has 1 saturated carbocycles. The first-order valence-corrected chi connectivity index (χ1v) is 3.57. The van der Waals surface area contributed by atoms with Crippen molar-refractivity contribution in [2.45, 2.75) is 19.8 Å². The molecule has 0 bridgehead atoms. The monoisotopic (exact) mass is 179 g/mol. The number of hydrogen-bond acceptors (Lipinski definition) is 2. The summed E-state index contributed by atoms with van der Waals surface area (Å²) in [4.78, 5) is 10.7. The summed E-state index contributed by atoms with van der Waals surface area (Å²) in [6.07, 6.45) is 1.75. The van der Waals surface area contributed by atoms with Gasteiger partial charge in [-0.05, 0) is 18.8 Å². The molecule has 11 heavy (non-hydrogen) atoms. The maximum atomic E-state index is 10.7. The molecular weight excluding hydrogens is 166 g/mol. The Balaban J connectivity index is 0.000001000. The third kappa shape index (κ3) is 1.35. The quantitative estimate of drug-likeness (QED) is 0.661. The summed E-state index contributed by atoms with van der Waals surface area (Å²) < 4.78 is 0. The lowest BCUT2D eigenvalue weighted by molar-refractivity contribution is -0.158. The van der Waals surface area contributed by atoms with Crippen LogP contribution in [0, 0.1) is 11.3 Å². The van der Waals surface area contributed by atoms with Crippen LogP contribution in [-0.4, -0.2) is 17.6 Å². The van der Waals surface area contributed by atoms with Crippen molar-refractivity contribution in [2.24, 2.45) is 17.1 Å². The number of carboxylic acids is 1. The Bertz CT molecular complexity index is 159. The summed E-state index contributed by atoms with van der Waals surface area (Å²) in [6.45, 7) is 2.23. The highest BCUT2D eigenvalue weighted by molar-refractivity contribution is 5.85. The van der Waals surface area contributed by atoms with Crippen LogP contribution in [0.4, 0.5) is 0 Å². The van der Waals surface area contributed by atoms with Gasteiger partial charge in [-0.3, -0.25) is 4.79 Å². The number of aliphatic carboxylic acids is 1. The van der Waals surface area contributed by atoms with E-state index in [-0.39, 0.29) is 24.9 Å². The van der Waals surface area contributed by atoms with Gasteiger partial charge in [-0.1, -0.05) is 6.92 Å². The SMILES string of the molecule is CC1CCC1(CN)C(=O)O.Cl. The Morgan fingerprint density at radius 1 is 1.82 bits per heavy atom. The predicted octanol–water partition coefficient (Wildman–Crippen LogP) is 0.868. The molecule has 1 aliphatic rings. The summed E-state index contributed by atoms with van der Waals surface area (Å²) in [5.74, 6) is -0.469. The van der Waals surface area contributed by atoms with E-state index in [1.165, 1.54) is 0 Å². The van der Waals surface area contributed by atoms with Crippen molar-refractivity contribution in [3.63, 3.8) is 0 Å². The summed E-state index contributed by atoms with van der Waals surface area (Å²) in [6, 6.07) is 0. The first kappa shape index (κ1) is 10.7. The van der Waals surface area contributed by atoms with Crippen molar-refractivity contribution in [1.29, 1.82) is 0 Å². The number of rotatable bonds is 2. The topological polar surface area (TPSA) is 63.3 Å². The molecule has 0 aromatic rings. The molecule has 0 heterocycles. The van der Waals surface area contributed by atoms with Gasteiger partial charge in [-0.25, -0.2) is 0 Å². The van der Waals surface area contributed by atoms with E-state index in [4.69, 9.17) is 10.8 Å². The van der Waals surface area contributed by atoms with Crippen LogP contribution in [0.25, 0.3) is 0 Å². The number of carbonyl (C=O) groups is 1. The molecule has 3 N–H and O–H groups in total. The van der Waals surface area contributed by atoms with Crippen LogP contribution in [0.2, 0.25) is 0 Å². The van der Waals surface area contributed by atoms with Gasteiger partial charge < -0.3 is 10.8 Å². The van der Waals surface area contributed by atoms with Crippen molar-refractivity contribution in [1.82, 2.24) is 0 Å². The van der Waals surface area contributed by atoms with Gasteiger partial charge in [0.15, 0.2) is 0 Å². The van der Waals surface area contributed by atoms with Crippen LogP contribution in [0.15, 0.2) is 0 Å².